The second kappa shape index (κ2) is 8.90. The molecule has 0 amide bonds. The summed E-state index contributed by atoms with van der Waals surface area (Å²) in [5, 5.41) is 0. The van der Waals surface area contributed by atoms with E-state index < -0.39 is 10.0 Å². The Labute approximate surface area is 133 Å². The first-order valence-corrected chi connectivity index (χ1v) is 8.80. The van der Waals surface area contributed by atoms with Crippen molar-refractivity contribution in [3.63, 3.8) is 0 Å². The molecule has 0 aliphatic heterocycles. The molecule has 0 atom stereocenters. The van der Waals surface area contributed by atoms with Crippen LogP contribution in [0.5, 0.6) is 5.75 Å². The molecule has 0 aromatic heterocycles. The van der Waals surface area contributed by atoms with Crippen LogP contribution in [0.1, 0.15) is 6.42 Å². The summed E-state index contributed by atoms with van der Waals surface area (Å²) in [6, 6.07) is 3.66. The van der Waals surface area contributed by atoms with Crippen LogP contribution in [0.25, 0.3) is 0 Å². The van der Waals surface area contributed by atoms with Crippen LogP contribution in [0.15, 0.2) is 25.6 Å². The Morgan fingerprint density at radius 3 is 2.65 bits per heavy atom. The zero-order valence-corrected chi connectivity index (χ0v) is 15.6. The van der Waals surface area contributed by atoms with Crippen LogP contribution in [0.2, 0.25) is 0 Å². The van der Waals surface area contributed by atoms with E-state index in [4.69, 9.17) is 25.5 Å². The molecular formula is C9H10Br3ClO3Si. The van der Waals surface area contributed by atoms with Crippen LogP contribution >= 0.6 is 59.4 Å². The molecule has 17 heavy (non-hydrogen) atoms. The third kappa shape index (κ3) is 5.58. The summed E-state index contributed by atoms with van der Waals surface area (Å²) in [4.78, 5) is 5.16. The van der Waals surface area contributed by atoms with Gasteiger partial charge in [0.25, 0.3) is 0 Å². The van der Waals surface area contributed by atoms with Crippen LogP contribution in [-0.2, 0) is 9.00 Å². The number of hydrogen-bond donors (Lipinski definition) is 0. The van der Waals surface area contributed by atoms with Gasteiger partial charge >= 0.3 is 10.0 Å². The first-order chi connectivity index (χ1) is 8.16. The topological polar surface area (TPSA) is 27.7 Å². The summed E-state index contributed by atoms with van der Waals surface area (Å²) in [5.74, 6) is 1.20. The largest absolute Gasteiger partial charge is 0.396 e. The molecular weight excluding hydrogens is 459 g/mol. The molecule has 8 heteroatoms. The highest BCUT2D eigenvalue weighted by molar-refractivity contribution is 9.14. The third-order valence-electron chi connectivity index (χ3n) is 1.70. The molecule has 0 fully saturated rings. The summed E-state index contributed by atoms with van der Waals surface area (Å²) in [6.07, 6.45) is 0.825. The van der Waals surface area contributed by atoms with Crippen molar-refractivity contribution in [2.75, 3.05) is 12.5 Å². The van der Waals surface area contributed by atoms with Gasteiger partial charge in [0.1, 0.15) is 0 Å². The predicted octanol–water partition coefficient (Wildman–Crippen LogP) is 3.93. The van der Waals surface area contributed by atoms with E-state index in [2.05, 4.69) is 47.8 Å². The maximum atomic E-state index is 5.51. The van der Waals surface area contributed by atoms with Gasteiger partial charge in [0.05, 0.1) is 4.47 Å². The van der Waals surface area contributed by atoms with Crippen LogP contribution < -0.4 is 4.89 Å². The monoisotopic (exact) mass is 466 g/mol. The Balaban J connectivity index is 2.35. The highest BCUT2D eigenvalue weighted by atomic mass is 79.9. The standard InChI is InChI=1S/C9H10Br3ClO3Si/c10-6-2-3-7(9(12)8(6)11)15-16-17-14-5-1-4-13/h2-3H,1,4-5,17H2. The third-order valence-corrected chi connectivity index (χ3v) is 5.97. The van der Waals surface area contributed by atoms with Gasteiger partial charge in [0.2, 0.25) is 0 Å². The molecule has 0 saturated carbocycles. The summed E-state index contributed by atoms with van der Waals surface area (Å²) < 4.78 is 12.9. The fraction of sp³-hybridized carbons (Fsp3) is 0.333. The van der Waals surface area contributed by atoms with Crippen molar-refractivity contribution < 1.29 is 13.9 Å². The van der Waals surface area contributed by atoms with E-state index in [1.807, 2.05) is 6.07 Å². The molecule has 0 saturated heterocycles. The summed E-state index contributed by atoms with van der Waals surface area (Å²) in [5.41, 5.74) is 0. The average Bonchev–Trinajstić information content (AvgIpc) is 2.33. The van der Waals surface area contributed by atoms with Crippen molar-refractivity contribution in [1.82, 2.24) is 0 Å². The molecule has 0 radical (unpaired) electrons. The van der Waals surface area contributed by atoms with Gasteiger partial charge in [0, 0.05) is 21.4 Å². The molecule has 0 N–H and O–H groups in total. The number of halogens is 4. The fourth-order valence-electron chi connectivity index (χ4n) is 0.910. The number of hydrogen-bond acceptors (Lipinski definition) is 3. The van der Waals surface area contributed by atoms with Gasteiger partial charge in [-0.25, -0.2) is 4.58 Å². The van der Waals surface area contributed by atoms with Gasteiger partial charge in [-0.2, -0.15) is 0 Å². The van der Waals surface area contributed by atoms with E-state index in [9.17, 15) is 0 Å². The van der Waals surface area contributed by atoms with E-state index in [0.29, 0.717) is 18.2 Å². The molecule has 3 nitrogen and oxygen atoms in total. The maximum absolute atomic E-state index is 5.51. The molecule has 1 aromatic carbocycles. The van der Waals surface area contributed by atoms with Gasteiger partial charge < -0.3 is 9.31 Å². The second-order valence-corrected chi connectivity index (χ2v) is 6.64. The molecule has 0 aliphatic carbocycles. The van der Waals surface area contributed by atoms with E-state index >= 15 is 0 Å². The quantitative estimate of drug-likeness (QED) is 0.151. The smallest absolute Gasteiger partial charge is 0.360 e. The van der Waals surface area contributed by atoms with Crippen molar-refractivity contribution >= 4 is 69.4 Å². The molecule has 1 aromatic rings. The Morgan fingerprint density at radius 1 is 1.18 bits per heavy atom. The first-order valence-electron chi connectivity index (χ1n) is 4.73. The zero-order valence-electron chi connectivity index (χ0n) is 8.72. The molecule has 96 valence electrons. The Hall–Kier alpha value is 0.887. The molecule has 0 unspecified atom stereocenters. The molecule has 0 aliphatic rings. The van der Waals surface area contributed by atoms with Gasteiger partial charge in [-0.15, -0.1) is 11.6 Å². The summed E-state index contributed by atoms with van der Waals surface area (Å²) in [7, 11) is -1.12. The number of rotatable bonds is 7. The SMILES string of the molecule is ClCCCO[SiH2]OOc1ccc(Br)c(Br)c1Br. The highest BCUT2D eigenvalue weighted by Gasteiger charge is 2.09. The lowest BCUT2D eigenvalue weighted by molar-refractivity contribution is -0.116. The number of alkyl halides is 1. The molecule has 0 spiro atoms. The first kappa shape index (κ1) is 15.9. The van der Waals surface area contributed by atoms with E-state index in [-0.39, 0.29) is 0 Å². The number of benzene rings is 1. The van der Waals surface area contributed by atoms with E-state index in [1.54, 1.807) is 6.07 Å². The summed E-state index contributed by atoms with van der Waals surface area (Å²) >= 11 is 15.7. The Morgan fingerprint density at radius 2 is 1.94 bits per heavy atom. The average molecular weight is 469 g/mol. The lowest BCUT2D eigenvalue weighted by atomic mass is 10.3. The van der Waals surface area contributed by atoms with Crippen molar-refractivity contribution in [1.29, 1.82) is 0 Å². The van der Waals surface area contributed by atoms with Gasteiger partial charge in [0.15, 0.2) is 5.75 Å². The second-order valence-electron chi connectivity index (χ2n) is 2.94. The van der Waals surface area contributed by atoms with Crippen molar-refractivity contribution in [2.45, 2.75) is 6.42 Å². The van der Waals surface area contributed by atoms with Crippen LogP contribution in [0, 0.1) is 0 Å². The van der Waals surface area contributed by atoms with Crippen LogP contribution in [-0.4, -0.2) is 22.5 Å². The zero-order chi connectivity index (χ0) is 12.7. The lowest BCUT2D eigenvalue weighted by Gasteiger charge is -2.09. The van der Waals surface area contributed by atoms with E-state index in [0.717, 1.165) is 19.8 Å². The summed E-state index contributed by atoms with van der Waals surface area (Å²) in [6.45, 7) is 0.615. The van der Waals surface area contributed by atoms with Gasteiger partial charge in [-0.05, 0) is 66.3 Å². The normalized spacial score (nSPS) is 11.3. The van der Waals surface area contributed by atoms with Crippen molar-refractivity contribution in [3.8, 4) is 5.75 Å². The highest BCUT2D eigenvalue weighted by Crippen LogP contribution is 2.37. The van der Waals surface area contributed by atoms with Crippen molar-refractivity contribution in [3.05, 3.63) is 25.6 Å². The minimum atomic E-state index is -1.12. The minimum Gasteiger partial charge on any atom is -0.396 e. The molecule has 0 heterocycles. The Bertz CT molecular complexity index is 368. The van der Waals surface area contributed by atoms with Crippen molar-refractivity contribution in [2.24, 2.45) is 0 Å². The molecule has 0 bridgehead atoms. The lowest BCUT2D eigenvalue weighted by Crippen LogP contribution is -2.09. The molecule has 1 rings (SSSR count). The van der Waals surface area contributed by atoms with Gasteiger partial charge in [-0.3, -0.25) is 0 Å². The Kier molecular flexibility index (Phi) is 8.34. The van der Waals surface area contributed by atoms with Gasteiger partial charge in [-0.1, -0.05) is 0 Å². The maximum Gasteiger partial charge on any atom is 0.360 e. The predicted molar refractivity (Wildman–Crippen MR) is 81.1 cm³/mol. The van der Waals surface area contributed by atoms with Crippen LogP contribution in [0.4, 0.5) is 0 Å². The van der Waals surface area contributed by atoms with E-state index in [1.165, 1.54) is 0 Å². The minimum absolute atomic E-state index is 0.598. The van der Waals surface area contributed by atoms with Crippen LogP contribution in [0.3, 0.4) is 0 Å². The fourth-order valence-corrected chi connectivity index (χ4v) is 2.92.